The maximum absolute atomic E-state index is 11.0. The molecule has 1 aromatic carbocycles. The third-order valence-electron chi connectivity index (χ3n) is 4.91. The summed E-state index contributed by atoms with van der Waals surface area (Å²) in [6.07, 6.45) is 3.21. The van der Waals surface area contributed by atoms with E-state index in [1.54, 1.807) is 16.2 Å². The molecule has 4 rings (SSSR count). The number of fused-ring (bicyclic) bond motifs is 1. The SMILES string of the molecule is O=C(O)N1C[C@H]2C[C@H](Nc3ncc(-c4ccccc4)s3)C[C@H]2C1. The zero-order valence-corrected chi connectivity index (χ0v) is 13.5. The molecule has 1 aliphatic carbocycles. The summed E-state index contributed by atoms with van der Waals surface area (Å²) >= 11 is 1.68. The lowest BCUT2D eigenvalue weighted by Gasteiger charge is -2.16. The number of anilines is 1. The minimum absolute atomic E-state index is 0.413. The molecule has 2 aromatic rings. The van der Waals surface area contributed by atoms with Gasteiger partial charge >= 0.3 is 6.09 Å². The first-order valence-electron chi connectivity index (χ1n) is 7.94. The van der Waals surface area contributed by atoms with Gasteiger partial charge in [0, 0.05) is 25.3 Å². The quantitative estimate of drug-likeness (QED) is 0.903. The molecule has 2 fully saturated rings. The fourth-order valence-electron chi connectivity index (χ4n) is 3.83. The van der Waals surface area contributed by atoms with Gasteiger partial charge < -0.3 is 15.3 Å². The van der Waals surface area contributed by atoms with Gasteiger partial charge in [-0.05, 0) is 30.2 Å². The fraction of sp³-hybridized carbons (Fsp3) is 0.412. The third-order valence-corrected chi connectivity index (χ3v) is 5.89. The van der Waals surface area contributed by atoms with E-state index >= 15 is 0 Å². The Hall–Kier alpha value is -2.08. The van der Waals surface area contributed by atoms with Crippen molar-refractivity contribution in [1.82, 2.24) is 9.88 Å². The van der Waals surface area contributed by atoms with E-state index in [4.69, 9.17) is 5.11 Å². The summed E-state index contributed by atoms with van der Waals surface area (Å²) in [6.45, 7) is 1.37. The van der Waals surface area contributed by atoms with Crippen molar-refractivity contribution in [1.29, 1.82) is 0 Å². The van der Waals surface area contributed by atoms with E-state index in [-0.39, 0.29) is 0 Å². The summed E-state index contributed by atoms with van der Waals surface area (Å²) in [6, 6.07) is 10.7. The van der Waals surface area contributed by atoms with Gasteiger partial charge in [0.2, 0.25) is 0 Å². The Labute approximate surface area is 139 Å². The first-order chi connectivity index (χ1) is 11.2. The molecule has 2 N–H and O–H groups in total. The summed E-state index contributed by atoms with van der Waals surface area (Å²) in [5.41, 5.74) is 1.19. The zero-order chi connectivity index (χ0) is 15.8. The van der Waals surface area contributed by atoms with Crippen LogP contribution in [-0.2, 0) is 0 Å². The highest BCUT2D eigenvalue weighted by atomic mass is 32.1. The molecule has 1 saturated carbocycles. The van der Waals surface area contributed by atoms with Crippen molar-refractivity contribution < 1.29 is 9.90 Å². The minimum atomic E-state index is -0.781. The topological polar surface area (TPSA) is 65.5 Å². The number of hydrogen-bond donors (Lipinski definition) is 2. The lowest BCUT2D eigenvalue weighted by molar-refractivity contribution is 0.152. The number of benzene rings is 1. The highest BCUT2D eigenvalue weighted by Crippen LogP contribution is 2.40. The van der Waals surface area contributed by atoms with Crippen LogP contribution in [0, 0.1) is 11.8 Å². The molecule has 0 spiro atoms. The summed E-state index contributed by atoms with van der Waals surface area (Å²) < 4.78 is 0. The number of aromatic nitrogens is 1. The molecule has 6 heteroatoms. The standard InChI is InChI=1S/C17H19N3O2S/c21-17(22)20-9-12-6-14(7-13(12)10-20)19-16-18-8-15(23-16)11-4-2-1-3-5-11/h1-5,8,12-14H,6-7,9-10H2,(H,18,19)(H,21,22)/t12-,13+,14+. The molecule has 1 amide bonds. The van der Waals surface area contributed by atoms with Crippen LogP contribution in [0.4, 0.5) is 9.93 Å². The number of hydrogen-bond acceptors (Lipinski definition) is 4. The van der Waals surface area contributed by atoms with E-state index in [1.165, 1.54) is 10.4 Å². The molecule has 1 saturated heterocycles. The van der Waals surface area contributed by atoms with Crippen molar-refractivity contribution >= 4 is 22.6 Å². The second-order valence-electron chi connectivity index (χ2n) is 6.42. The summed E-state index contributed by atoms with van der Waals surface area (Å²) in [5, 5.41) is 13.6. The van der Waals surface area contributed by atoms with E-state index in [0.29, 0.717) is 31.0 Å². The first kappa shape index (κ1) is 14.5. The Morgan fingerprint density at radius 3 is 2.57 bits per heavy atom. The van der Waals surface area contributed by atoms with Gasteiger partial charge in [-0.3, -0.25) is 0 Å². The minimum Gasteiger partial charge on any atom is -0.465 e. The highest BCUT2D eigenvalue weighted by molar-refractivity contribution is 7.18. The Kier molecular flexibility index (Phi) is 3.69. The predicted molar refractivity (Wildman–Crippen MR) is 90.8 cm³/mol. The predicted octanol–water partition coefficient (Wildman–Crippen LogP) is 3.61. The zero-order valence-electron chi connectivity index (χ0n) is 12.7. The average molecular weight is 329 g/mol. The first-order valence-corrected chi connectivity index (χ1v) is 8.76. The highest BCUT2D eigenvalue weighted by Gasteiger charge is 2.42. The smallest absolute Gasteiger partial charge is 0.407 e. The van der Waals surface area contributed by atoms with E-state index < -0.39 is 6.09 Å². The van der Waals surface area contributed by atoms with Crippen molar-refractivity contribution in [2.75, 3.05) is 18.4 Å². The van der Waals surface area contributed by atoms with Gasteiger partial charge in [0.05, 0.1) is 4.88 Å². The molecule has 1 aliphatic heterocycles. The van der Waals surface area contributed by atoms with Crippen LogP contribution < -0.4 is 5.32 Å². The van der Waals surface area contributed by atoms with Gasteiger partial charge in [0.15, 0.2) is 5.13 Å². The van der Waals surface area contributed by atoms with E-state index in [0.717, 1.165) is 18.0 Å². The van der Waals surface area contributed by atoms with Crippen molar-refractivity contribution in [2.24, 2.45) is 11.8 Å². The molecule has 23 heavy (non-hydrogen) atoms. The number of rotatable bonds is 3. The maximum Gasteiger partial charge on any atom is 0.407 e. The molecular formula is C17H19N3O2S. The molecule has 1 aromatic heterocycles. The van der Waals surface area contributed by atoms with Crippen LogP contribution in [0.2, 0.25) is 0 Å². The van der Waals surface area contributed by atoms with Crippen molar-refractivity contribution in [3.63, 3.8) is 0 Å². The van der Waals surface area contributed by atoms with Crippen LogP contribution >= 0.6 is 11.3 Å². The van der Waals surface area contributed by atoms with Crippen molar-refractivity contribution in [3.05, 3.63) is 36.5 Å². The number of amides is 1. The lowest BCUT2D eigenvalue weighted by atomic mass is 10.0. The van der Waals surface area contributed by atoms with Crippen LogP contribution in [0.15, 0.2) is 36.5 Å². The number of thiazole rings is 1. The maximum atomic E-state index is 11.0. The Balaban J connectivity index is 1.38. The van der Waals surface area contributed by atoms with Crippen molar-refractivity contribution in [3.8, 4) is 10.4 Å². The molecule has 5 nitrogen and oxygen atoms in total. The second kappa shape index (κ2) is 5.85. The molecule has 2 aliphatic rings. The number of carboxylic acid groups (broad SMARTS) is 1. The molecule has 2 heterocycles. The Bertz CT molecular complexity index is 689. The van der Waals surface area contributed by atoms with Gasteiger partial charge in [0.1, 0.15) is 0 Å². The molecule has 0 bridgehead atoms. The molecule has 0 radical (unpaired) electrons. The average Bonchev–Trinajstić information content (AvgIpc) is 3.23. The molecule has 3 atom stereocenters. The van der Waals surface area contributed by atoms with Crippen LogP contribution in [0.25, 0.3) is 10.4 Å². The second-order valence-corrected chi connectivity index (χ2v) is 7.45. The summed E-state index contributed by atoms with van der Waals surface area (Å²) in [4.78, 5) is 18.3. The van der Waals surface area contributed by atoms with Gasteiger partial charge in [-0.2, -0.15) is 0 Å². The van der Waals surface area contributed by atoms with Crippen LogP contribution in [0.5, 0.6) is 0 Å². The van der Waals surface area contributed by atoms with Gasteiger partial charge in [0.25, 0.3) is 0 Å². The number of nitrogens with one attached hydrogen (secondary N) is 1. The van der Waals surface area contributed by atoms with E-state index in [9.17, 15) is 4.79 Å². The summed E-state index contributed by atoms with van der Waals surface area (Å²) in [5.74, 6) is 0.995. The monoisotopic (exact) mass is 329 g/mol. The number of carbonyl (C=O) groups is 1. The van der Waals surface area contributed by atoms with Gasteiger partial charge in [-0.1, -0.05) is 41.7 Å². The Morgan fingerprint density at radius 2 is 1.91 bits per heavy atom. The Morgan fingerprint density at radius 1 is 1.22 bits per heavy atom. The van der Waals surface area contributed by atoms with Crippen LogP contribution in [0.3, 0.4) is 0 Å². The molecule has 120 valence electrons. The fourth-order valence-corrected chi connectivity index (χ4v) is 4.72. The third kappa shape index (κ3) is 2.91. The largest absolute Gasteiger partial charge is 0.465 e. The van der Waals surface area contributed by atoms with Crippen LogP contribution in [0.1, 0.15) is 12.8 Å². The summed E-state index contributed by atoms with van der Waals surface area (Å²) in [7, 11) is 0. The van der Waals surface area contributed by atoms with Gasteiger partial charge in [-0.25, -0.2) is 9.78 Å². The van der Waals surface area contributed by atoms with E-state index in [2.05, 4.69) is 22.4 Å². The number of nitrogens with zero attached hydrogens (tertiary/aromatic N) is 2. The van der Waals surface area contributed by atoms with Crippen LogP contribution in [-0.4, -0.2) is 40.2 Å². The molecule has 0 unspecified atom stereocenters. The lowest BCUT2D eigenvalue weighted by Crippen LogP contribution is -2.29. The van der Waals surface area contributed by atoms with Gasteiger partial charge in [-0.15, -0.1) is 0 Å². The van der Waals surface area contributed by atoms with Crippen molar-refractivity contribution in [2.45, 2.75) is 18.9 Å². The van der Waals surface area contributed by atoms with E-state index in [1.807, 2.05) is 24.4 Å². The normalized spacial score (nSPS) is 26.3. The molecular weight excluding hydrogens is 310 g/mol. The number of likely N-dealkylation sites (tertiary alicyclic amines) is 1.